The van der Waals surface area contributed by atoms with Crippen LogP contribution in [0.4, 0.5) is 0 Å². The number of hydrogen-bond donors (Lipinski definition) is 7. The first-order valence-corrected chi connectivity index (χ1v) is 29.2. The van der Waals surface area contributed by atoms with Crippen molar-refractivity contribution in [1.29, 1.82) is 0 Å². The van der Waals surface area contributed by atoms with E-state index in [1.807, 2.05) is 66.7 Å². The number of aromatic nitrogens is 1. The number of imide groups is 1. The third-order valence-corrected chi connectivity index (χ3v) is 16.6. The number of carbonyl (C=O) groups is 10. The summed E-state index contributed by atoms with van der Waals surface area (Å²) in [5.74, 6) is 1.53. The van der Waals surface area contributed by atoms with Crippen LogP contribution in [0.5, 0.6) is 0 Å². The first kappa shape index (κ1) is 58.9. The average molecular weight is 1150 g/mol. The zero-order chi connectivity index (χ0) is 59.1. The van der Waals surface area contributed by atoms with Crippen molar-refractivity contribution < 1.29 is 62.3 Å². The maximum atomic E-state index is 15.1. The van der Waals surface area contributed by atoms with Crippen LogP contribution < -0.4 is 27.0 Å². The van der Waals surface area contributed by atoms with Gasteiger partial charge in [0.15, 0.2) is 0 Å². The van der Waals surface area contributed by atoms with E-state index in [0.29, 0.717) is 59.7 Å². The molecule has 3 saturated heterocycles. The number of carbonyl (C=O) groups excluding carboxylic acids is 10. The Morgan fingerprint density at radius 3 is 2.23 bits per heavy atom. The molecule has 4 aromatic carbocycles. The molecule has 0 bridgehead atoms. The molecule has 83 heavy (non-hydrogen) atoms. The predicted molar refractivity (Wildman–Crippen MR) is 301 cm³/mol. The Hall–Kier alpha value is -8.77. The summed E-state index contributed by atoms with van der Waals surface area (Å²) >= 11 is 0. The normalized spacial score (nSPS) is 19.2. The molecule has 432 valence electrons. The molecule has 4 aliphatic rings. The fourth-order valence-electron chi connectivity index (χ4n) is 11.5. The summed E-state index contributed by atoms with van der Waals surface area (Å²) in [5, 5.41) is 11.3. The molecule has 0 radical (unpaired) electrons. The van der Waals surface area contributed by atoms with Crippen molar-refractivity contribution >= 4 is 77.2 Å². The van der Waals surface area contributed by atoms with Crippen molar-refractivity contribution in [1.82, 2.24) is 40.5 Å². The SMILES string of the molecule is Cn1c(C(=O)N[C@H]2CN(C(=O)CCCCCC#Cc3cccc4c3CN(C3CCC(=O)NC3=O)C4=O)CC[C@H]3CC[C@@H](C(=O)N[C@@H](CCC(N)=O)C(=O)NC(c4ccccc4)c4ccccc4)N3C2=O)cc2cc(C(=O)P(=O)(O)O)ccc21. The van der Waals surface area contributed by atoms with Crippen molar-refractivity contribution in [3.05, 3.63) is 142 Å². The summed E-state index contributed by atoms with van der Waals surface area (Å²) in [5.41, 5.74) is 7.67. The van der Waals surface area contributed by atoms with E-state index in [4.69, 9.17) is 5.73 Å². The number of nitrogens with two attached hydrogens (primary N) is 1. The van der Waals surface area contributed by atoms with Crippen molar-refractivity contribution in [2.24, 2.45) is 12.8 Å². The van der Waals surface area contributed by atoms with E-state index in [9.17, 15) is 57.5 Å². The topological polar surface area (TPSA) is 317 Å². The first-order valence-electron chi connectivity index (χ1n) is 27.6. The van der Waals surface area contributed by atoms with Gasteiger partial charge < -0.3 is 50.7 Å². The molecule has 1 unspecified atom stereocenters. The Labute approximate surface area is 478 Å². The highest BCUT2D eigenvalue weighted by molar-refractivity contribution is 7.70. The zero-order valence-corrected chi connectivity index (χ0v) is 46.5. The summed E-state index contributed by atoms with van der Waals surface area (Å²) < 4.78 is 13.3. The van der Waals surface area contributed by atoms with Crippen molar-refractivity contribution in [3.8, 4) is 11.8 Å². The molecule has 5 aromatic rings. The van der Waals surface area contributed by atoms with Crippen LogP contribution in [0, 0.1) is 11.8 Å². The zero-order valence-electron chi connectivity index (χ0n) is 45.6. The molecule has 22 nitrogen and oxygen atoms in total. The summed E-state index contributed by atoms with van der Waals surface area (Å²) in [6, 6.07) is 23.2. The van der Waals surface area contributed by atoms with Crippen LogP contribution in [0.15, 0.2) is 103 Å². The fraction of sp³-hybridized carbons (Fsp3) is 0.367. The summed E-state index contributed by atoms with van der Waals surface area (Å²) in [6.45, 7) is 0.0864. The lowest BCUT2D eigenvalue weighted by Gasteiger charge is -2.39. The molecule has 0 spiro atoms. The molecule has 5 heterocycles. The van der Waals surface area contributed by atoms with E-state index >= 15 is 4.79 Å². The molecule has 8 N–H and O–H groups in total. The van der Waals surface area contributed by atoms with Gasteiger partial charge in [0.2, 0.25) is 41.4 Å². The van der Waals surface area contributed by atoms with Crippen LogP contribution in [-0.4, -0.2) is 131 Å². The van der Waals surface area contributed by atoms with Gasteiger partial charge in [0.25, 0.3) is 17.3 Å². The highest BCUT2D eigenvalue weighted by Crippen LogP contribution is 2.40. The first-order chi connectivity index (χ1) is 39.8. The van der Waals surface area contributed by atoms with Gasteiger partial charge in [-0.2, -0.15) is 0 Å². The lowest BCUT2D eigenvalue weighted by Crippen LogP contribution is -2.62. The van der Waals surface area contributed by atoms with Crippen molar-refractivity contribution in [2.75, 3.05) is 13.1 Å². The van der Waals surface area contributed by atoms with Crippen LogP contribution in [0.1, 0.15) is 137 Å². The number of nitrogens with one attached hydrogen (secondary N) is 4. The van der Waals surface area contributed by atoms with Crippen LogP contribution in [0.25, 0.3) is 10.9 Å². The number of nitrogens with zero attached hydrogens (tertiary/aromatic N) is 4. The monoisotopic (exact) mass is 1150 g/mol. The number of rotatable bonds is 19. The van der Waals surface area contributed by atoms with E-state index in [2.05, 4.69) is 33.1 Å². The smallest absolute Gasteiger partial charge is 0.370 e. The minimum atomic E-state index is -5.14. The molecule has 5 atom stereocenters. The Balaban J connectivity index is 0.893. The summed E-state index contributed by atoms with van der Waals surface area (Å²) in [7, 11) is -3.58. The number of fused-ring (bicyclic) bond motifs is 3. The van der Waals surface area contributed by atoms with E-state index in [0.717, 1.165) is 11.1 Å². The third kappa shape index (κ3) is 13.4. The maximum absolute atomic E-state index is 15.1. The lowest BCUT2D eigenvalue weighted by molar-refractivity contribution is -0.145. The number of primary amides is 1. The molecular formula is C60H64N9O13P. The van der Waals surface area contributed by atoms with Gasteiger partial charge in [-0.25, -0.2) is 0 Å². The minimum absolute atomic E-state index is 0.0100. The Kier molecular flexibility index (Phi) is 18.1. The van der Waals surface area contributed by atoms with Crippen LogP contribution >= 0.6 is 7.60 Å². The number of aryl methyl sites for hydroxylation is 1. The molecule has 9 rings (SSSR count). The van der Waals surface area contributed by atoms with Crippen LogP contribution in [-0.2, 0) is 51.7 Å². The van der Waals surface area contributed by atoms with E-state index in [1.54, 1.807) is 19.2 Å². The number of amides is 9. The number of benzene rings is 4. The minimum Gasteiger partial charge on any atom is -0.370 e. The van der Waals surface area contributed by atoms with Crippen molar-refractivity contribution in [3.63, 3.8) is 0 Å². The molecule has 1 aromatic heterocycles. The fourth-order valence-corrected chi connectivity index (χ4v) is 11.9. The maximum Gasteiger partial charge on any atom is 0.396 e. The lowest BCUT2D eigenvalue weighted by atomic mass is 9.98. The second kappa shape index (κ2) is 25.6. The standard InChI is InChI=1S/C60H64N9O13P/c1-66-46-25-22-39(60(79)83(80,81)82)32-40(46)33-49(66)57(76)63-45-35-67(52(72)21-12-4-2-3-7-14-36-19-13-20-42-43(36)34-68(58(42)77)47-27-29-51(71)64-55(47)74)31-30-41-23-26-48(69(41)59(45)78)56(75)62-44(24-28-50(61)70)54(73)65-53(37-15-8-5-9-16-37)38-17-10-6-11-18-38/h5-6,8-11,13,15-20,22,25,32-33,41,44-45,47-48,53H,2-4,12,21,23-24,26-31,34-35H2,1H3,(H2,61,70)(H,62,75)(H,63,76)(H,65,73)(H,64,71,74)(H2,80,81,82)/t41-,44+,45+,47?,48+/m1/s1. The second-order valence-electron chi connectivity index (χ2n) is 21.3. The van der Waals surface area contributed by atoms with Gasteiger partial charge in [0, 0.05) is 86.0 Å². The second-order valence-corrected chi connectivity index (χ2v) is 22.8. The third-order valence-electron chi connectivity index (χ3n) is 15.8. The van der Waals surface area contributed by atoms with E-state index in [1.165, 1.54) is 43.5 Å². The molecule has 0 aliphatic carbocycles. The summed E-state index contributed by atoms with van der Waals surface area (Å²) in [6.07, 6.45) is 3.12. The molecule has 23 heteroatoms. The highest BCUT2D eigenvalue weighted by atomic mass is 31.2. The van der Waals surface area contributed by atoms with Gasteiger partial charge >= 0.3 is 7.60 Å². The van der Waals surface area contributed by atoms with Gasteiger partial charge in [-0.15, -0.1) is 0 Å². The quantitative estimate of drug-likeness (QED) is 0.0269. The van der Waals surface area contributed by atoms with Gasteiger partial charge in [-0.05, 0) is 98.0 Å². The van der Waals surface area contributed by atoms with Gasteiger partial charge in [-0.3, -0.25) is 57.8 Å². The Bertz CT molecular complexity index is 3480. The molecule has 4 aliphatic heterocycles. The van der Waals surface area contributed by atoms with Gasteiger partial charge in [-0.1, -0.05) is 85.0 Å². The van der Waals surface area contributed by atoms with E-state index in [-0.39, 0.29) is 93.6 Å². The van der Waals surface area contributed by atoms with E-state index < -0.39 is 84.8 Å². The number of hydrogen-bond acceptors (Lipinski definition) is 11. The summed E-state index contributed by atoms with van der Waals surface area (Å²) in [4.78, 5) is 158. The number of piperidine rings is 1. The van der Waals surface area contributed by atoms with Crippen molar-refractivity contribution in [2.45, 2.75) is 120 Å². The predicted octanol–water partition coefficient (Wildman–Crippen LogP) is 3.61. The van der Waals surface area contributed by atoms with Crippen LogP contribution in [0.2, 0.25) is 0 Å². The van der Waals surface area contributed by atoms with Gasteiger partial charge in [0.05, 0.1) is 6.04 Å². The van der Waals surface area contributed by atoms with Gasteiger partial charge in [0.1, 0.15) is 29.9 Å². The Morgan fingerprint density at radius 1 is 0.819 bits per heavy atom. The number of unbranched alkanes of at least 4 members (excludes halogenated alkanes) is 3. The molecule has 3 fully saturated rings. The molecular weight excluding hydrogens is 1090 g/mol. The molecule has 9 amide bonds. The van der Waals surface area contributed by atoms with Crippen LogP contribution in [0.3, 0.4) is 0 Å². The average Bonchev–Trinajstić information content (AvgIpc) is 4.18. The Morgan fingerprint density at radius 2 is 1.54 bits per heavy atom. The highest BCUT2D eigenvalue weighted by Gasteiger charge is 2.47. The molecule has 0 saturated carbocycles. The largest absolute Gasteiger partial charge is 0.396 e.